The van der Waals surface area contributed by atoms with E-state index in [4.69, 9.17) is 9.47 Å². The van der Waals surface area contributed by atoms with Crippen LogP contribution in [0.4, 0.5) is 0 Å². The average Bonchev–Trinajstić information content (AvgIpc) is 3.25. The van der Waals surface area contributed by atoms with Gasteiger partial charge >= 0.3 is 0 Å². The van der Waals surface area contributed by atoms with Crippen molar-refractivity contribution in [3.8, 4) is 11.5 Å². The molecule has 3 aromatic heterocycles. The highest BCUT2D eigenvalue weighted by atomic mass is 16.5. The number of carbonyl (C=O) groups is 1. The molecule has 5 rings (SSSR count). The number of nitrogens with zero attached hydrogens (tertiary/aromatic N) is 5. The Labute approximate surface area is 204 Å². The molecule has 8 heteroatoms. The highest BCUT2D eigenvalue weighted by Gasteiger charge is 2.23. The summed E-state index contributed by atoms with van der Waals surface area (Å²) in [5.74, 6) is 1.65. The number of aromatic nitrogens is 4. The van der Waals surface area contributed by atoms with E-state index >= 15 is 0 Å². The van der Waals surface area contributed by atoms with Gasteiger partial charge in [-0.25, -0.2) is 4.98 Å². The van der Waals surface area contributed by atoms with Gasteiger partial charge < -0.3 is 18.8 Å². The van der Waals surface area contributed by atoms with E-state index in [0.29, 0.717) is 29.6 Å². The van der Waals surface area contributed by atoms with Crippen molar-refractivity contribution in [3.05, 3.63) is 84.3 Å². The van der Waals surface area contributed by atoms with Crippen molar-refractivity contribution >= 4 is 11.6 Å². The number of hydrogen-bond acceptors (Lipinski definition) is 6. The lowest BCUT2D eigenvalue weighted by atomic mass is 9.95. The fourth-order valence-electron chi connectivity index (χ4n) is 4.58. The van der Waals surface area contributed by atoms with Gasteiger partial charge in [0.15, 0.2) is 17.1 Å². The lowest BCUT2D eigenvalue weighted by molar-refractivity contribution is 0.0759. The molecule has 4 heterocycles. The van der Waals surface area contributed by atoms with Crippen molar-refractivity contribution in [2.45, 2.75) is 32.3 Å². The maximum Gasteiger partial charge on any atom is 0.253 e. The maximum atomic E-state index is 13.4. The number of hydrogen-bond donors (Lipinski definition) is 0. The Balaban J connectivity index is 1.23. The number of amides is 1. The Morgan fingerprint density at radius 1 is 1.03 bits per heavy atom. The van der Waals surface area contributed by atoms with E-state index in [0.717, 1.165) is 55.8 Å². The predicted octanol–water partition coefficient (Wildman–Crippen LogP) is 4.20. The minimum Gasteiger partial charge on any atom is -0.493 e. The molecule has 1 aromatic carbocycles. The Morgan fingerprint density at radius 3 is 2.83 bits per heavy atom. The van der Waals surface area contributed by atoms with Crippen LogP contribution in [0.25, 0.3) is 5.65 Å². The number of fused-ring (bicyclic) bond motifs is 1. The lowest BCUT2D eigenvalue weighted by Gasteiger charge is -2.21. The van der Waals surface area contributed by atoms with E-state index in [1.165, 1.54) is 0 Å². The second-order valence-electron chi connectivity index (χ2n) is 8.84. The first-order valence-electron chi connectivity index (χ1n) is 12.0. The second-order valence-corrected chi connectivity index (χ2v) is 8.84. The van der Waals surface area contributed by atoms with Crippen LogP contribution in [0.3, 0.4) is 0 Å². The van der Waals surface area contributed by atoms with Gasteiger partial charge in [-0.15, -0.1) is 0 Å². The van der Waals surface area contributed by atoms with Gasteiger partial charge in [-0.05, 0) is 61.9 Å². The molecule has 4 aromatic rings. The number of carbonyl (C=O) groups excluding carboxylic acids is 1. The Kier molecular flexibility index (Phi) is 6.88. The van der Waals surface area contributed by atoms with Gasteiger partial charge in [-0.2, -0.15) is 0 Å². The summed E-state index contributed by atoms with van der Waals surface area (Å²) in [6, 6.07) is 11.1. The summed E-state index contributed by atoms with van der Waals surface area (Å²) in [5, 5.41) is 0. The summed E-state index contributed by atoms with van der Waals surface area (Å²) < 4.78 is 13.4. The molecule has 1 aliphatic rings. The van der Waals surface area contributed by atoms with E-state index in [1.807, 2.05) is 39.9 Å². The Hall–Kier alpha value is -3.94. The fraction of sp³-hybridized carbons (Fsp3) is 0.333. The first-order valence-corrected chi connectivity index (χ1v) is 12.0. The minimum absolute atomic E-state index is 0.0222. The fourth-order valence-corrected chi connectivity index (χ4v) is 4.58. The molecule has 1 amide bonds. The summed E-state index contributed by atoms with van der Waals surface area (Å²) in [7, 11) is 1.60. The Bertz CT molecular complexity index is 1290. The van der Waals surface area contributed by atoms with Gasteiger partial charge in [0.2, 0.25) is 0 Å². The molecule has 8 nitrogen and oxygen atoms in total. The van der Waals surface area contributed by atoms with Crippen LogP contribution >= 0.6 is 0 Å². The molecule has 1 fully saturated rings. The van der Waals surface area contributed by atoms with Crippen LogP contribution in [0.1, 0.15) is 41.0 Å². The van der Waals surface area contributed by atoms with Crippen LogP contribution in [0.15, 0.2) is 67.4 Å². The SMILES string of the molecule is COc1ccc(C(=O)N2CCCC(Cc3cn4ccnc4cn3)CC2)cc1OCc1ccccn1. The quantitative estimate of drug-likeness (QED) is 0.402. The smallest absolute Gasteiger partial charge is 0.253 e. The molecule has 0 aliphatic carbocycles. The number of likely N-dealkylation sites (tertiary alicyclic amines) is 1. The summed E-state index contributed by atoms with van der Waals surface area (Å²) in [4.78, 5) is 28.4. The molecular formula is C27H29N5O3. The number of pyridine rings is 1. The van der Waals surface area contributed by atoms with Crippen LogP contribution < -0.4 is 9.47 Å². The van der Waals surface area contributed by atoms with Crippen LogP contribution in [-0.4, -0.2) is 50.4 Å². The molecule has 1 aliphatic heterocycles. The maximum absolute atomic E-state index is 13.4. The lowest BCUT2D eigenvalue weighted by Crippen LogP contribution is -2.32. The van der Waals surface area contributed by atoms with E-state index < -0.39 is 0 Å². The number of benzene rings is 1. The molecule has 35 heavy (non-hydrogen) atoms. The highest BCUT2D eigenvalue weighted by molar-refractivity contribution is 5.95. The number of methoxy groups -OCH3 is 1. The van der Waals surface area contributed by atoms with Gasteiger partial charge in [0.05, 0.1) is 24.7 Å². The number of ether oxygens (including phenoxy) is 2. The minimum atomic E-state index is 0.0222. The average molecular weight is 472 g/mol. The van der Waals surface area contributed by atoms with Gasteiger partial charge in [0, 0.05) is 43.4 Å². The standard InChI is InChI=1S/C27H29N5O3/c1-34-24-8-7-21(16-25(24)35-19-22-6-2-3-10-28-22)27(33)31-12-4-5-20(9-13-31)15-23-18-32-14-11-29-26(32)17-30-23/h2-3,6-8,10-11,14,16-18,20H,4-5,9,12-13,15,19H2,1H3. The molecule has 1 unspecified atom stereocenters. The monoisotopic (exact) mass is 471 g/mol. The third kappa shape index (κ3) is 5.42. The van der Waals surface area contributed by atoms with Gasteiger partial charge in [0.25, 0.3) is 5.91 Å². The molecule has 1 saturated heterocycles. The number of imidazole rings is 1. The normalized spacial score (nSPS) is 16.1. The summed E-state index contributed by atoms with van der Waals surface area (Å²) in [6.45, 7) is 1.78. The van der Waals surface area contributed by atoms with Crippen molar-refractivity contribution in [1.82, 2.24) is 24.3 Å². The van der Waals surface area contributed by atoms with Crippen LogP contribution in [0.2, 0.25) is 0 Å². The largest absolute Gasteiger partial charge is 0.493 e. The first-order chi connectivity index (χ1) is 17.2. The van der Waals surface area contributed by atoms with E-state index in [9.17, 15) is 4.79 Å². The third-order valence-corrected chi connectivity index (χ3v) is 6.48. The number of rotatable bonds is 7. The van der Waals surface area contributed by atoms with Gasteiger partial charge in [-0.1, -0.05) is 6.07 Å². The zero-order chi connectivity index (χ0) is 24.0. The molecule has 0 spiro atoms. The second kappa shape index (κ2) is 10.5. The molecule has 0 saturated carbocycles. The van der Waals surface area contributed by atoms with Crippen LogP contribution in [0.5, 0.6) is 11.5 Å². The van der Waals surface area contributed by atoms with E-state index in [-0.39, 0.29) is 5.91 Å². The zero-order valence-electron chi connectivity index (χ0n) is 19.8. The molecule has 1 atom stereocenters. The van der Waals surface area contributed by atoms with Gasteiger partial charge in [-0.3, -0.25) is 14.8 Å². The molecule has 0 bridgehead atoms. The molecular weight excluding hydrogens is 442 g/mol. The summed E-state index contributed by atoms with van der Waals surface area (Å²) >= 11 is 0. The zero-order valence-corrected chi connectivity index (χ0v) is 19.8. The van der Waals surface area contributed by atoms with Crippen molar-refractivity contribution in [2.75, 3.05) is 20.2 Å². The van der Waals surface area contributed by atoms with Crippen LogP contribution in [-0.2, 0) is 13.0 Å². The van der Waals surface area contributed by atoms with Crippen LogP contribution in [0, 0.1) is 5.92 Å². The van der Waals surface area contributed by atoms with Crippen molar-refractivity contribution < 1.29 is 14.3 Å². The van der Waals surface area contributed by atoms with Crippen molar-refractivity contribution in [3.63, 3.8) is 0 Å². The first kappa shape index (κ1) is 22.8. The predicted molar refractivity (Wildman–Crippen MR) is 131 cm³/mol. The van der Waals surface area contributed by atoms with E-state index in [2.05, 4.69) is 21.1 Å². The molecule has 180 valence electrons. The topological polar surface area (TPSA) is 81.9 Å². The molecule has 0 radical (unpaired) electrons. The van der Waals surface area contributed by atoms with Gasteiger partial charge in [0.1, 0.15) is 6.61 Å². The van der Waals surface area contributed by atoms with E-state index in [1.54, 1.807) is 37.7 Å². The molecule has 0 N–H and O–H groups in total. The Morgan fingerprint density at radius 2 is 1.97 bits per heavy atom. The highest BCUT2D eigenvalue weighted by Crippen LogP contribution is 2.30. The third-order valence-electron chi connectivity index (χ3n) is 6.48. The summed E-state index contributed by atoms with van der Waals surface area (Å²) in [6.07, 6.45) is 13.2. The summed E-state index contributed by atoms with van der Waals surface area (Å²) in [5.41, 5.74) is 3.33. The van der Waals surface area contributed by atoms with Crippen molar-refractivity contribution in [2.24, 2.45) is 5.92 Å². The van der Waals surface area contributed by atoms with Crippen molar-refractivity contribution in [1.29, 1.82) is 0 Å².